The van der Waals surface area contributed by atoms with Gasteiger partial charge in [-0.05, 0) is 48.1 Å². The molecule has 0 atom stereocenters. The van der Waals surface area contributed by atoms with E-state index in [4.69, 9.17) is 0 Å². The normalized spacial score (nSPS) is 10.3. The number of ether oxygens (including phenoxy) is 1. The largest absolute Gasteiger partial charge is 0.469 e. The summed E-state index contributed by atoms with van der Waals surface area (Å²) in [5.41, 5.74) is 6.20. The average molecular weight is 268 g/mol. The molecule has 2 rings (SSSR count). The number of methoxy groups -OCH3 is 1. The van der Waals surface area contributed by atoms with Crippen LogP contribution in [0.1, 0.15) is 23.1 Å². The van der Waals surface area contributed by atoms with Gasteiger partial charge in [0.2, 0.25) is 0 Å². The quantitative estimate of drug-likeness (QED) is 0.781. The van der Waals surface area contributed by atoms with Crippen molar-refractivity contribution in [1.29, 1.82) is 0 Å². The number of rotatable bonds is 4. The van der Waals surface area contributed by atoms with Gasteiger partial charge < -0.3 is 4.74 Å². The number of esters is 1. The van der Waals surface area contributed by atoms with Crippen molar-refractivity contribution in [1.82, 2.24) is 0 Å². The molecule has 0 fully saturated rings. The fraction of sp³-hybridized carbons (Fsp3) is 0.278. The standard InChI is InChI=1S/C18H20O2/c1-13-4-8-17(12-14(13)2)16-9-5-15(6-10-16)7-11-18(19)20-3/h4-6,8-10,12H,7,11H2,1-3H3. The van der Waals surface area contributed by atoms with E-state index in [-0.39, 0.29) is 5.97 Å². The second-order valence-electron chi connectivity index (χ2n) is 5.07. The molecule has 0 bridgehead atoms. The van der Waals surface area contributed by atoms with Crippen LogP contribution in [0.5, 0.6) is 0 Å². The van der Waals surface area contributed by atoms with Crippen molar-refractivity contribution in [3.63, 3.8) is 0 Å². The Balaban J connectivity index is 2.11. The summed E-state index contributed by atoms with van der Waals surface area (Å²) in [6.07, 6.45) is 1.15. The first-order chi connectivity index (χ1) is 9.60. The minimum Gasteiger partial charge on any atom is -0.469 e. The molecular weight excluding hydrogens is 248 g/mol. The van der Waals surface area contributed by atoms with Crippen molar-refractivity contribution >= 4 is 5.97 Å². The van der Waals surface area contributed by atoms with Crippen molar-refractivity contribution in [3.8, 4) is 11.1 Å². The van der Waals surface area contributed by atoms with E-state index < -0.39 is 0 Å². The zero-order chi connectivity index (χ0) is 14.5. The molecular formula is C18H20O2. The lowest BCUT2D eigenvalue weighted by Crippen LogP contribution is -2.01. The molecule has 2 heteroatoms. The second-order valence-corrected chi connectivity index (χ2v) is 5.07. The average Bonchev–Trinajstić information content (AvgIpc) is 2.48. The zero-order valence-corrected chi connectivity index (χ0v) is 12.3. The zero-order valence-electron chi connectivity index (χ0n) is 12.3. The van der Waals surface area contributed by atoms with Crippen LogP contribution in [0.3, 0.4) is 0 Å². The third-order valence-electron chi connectivity index (χ3n) is 3.64. The Labute approximate surface area is 120 Å². The molecule has 2 aromatic carbocycles. The molecule has 0 N–H and O–H groups in total. The van der Waals surface area contributed by atoms with E-state index in [2.05, 4.69) is 61.0 Å². The van der Waals surface area contributed by atoms with Crippen LogP contribution in [0.15, 0.2) is 42.5 Å². The first-order valence-electron chi connectivity index (χ1n) is 6.83. The van der Waals surface area contributed by atoms with Gasteiger partial charge in [-0.2, -0.15) is 0 Å². The highest BCUT2D eigenvalue weighted by Crippen LogP contribution is 2.22. The topological polar surface area (TPSA) is 26.3 Å². The van der Waals surface area contributed by atoms with E-state index in [0.29, 0.717) is 6.42 Å². The van der Waals surface area contributed by atoms with Crippen molar-refractivity contribution in [2.24, 2.45) is 0 Å². The number of benzene rings is 2. The molecule has 0 spiro atoms. The fourth-order valence-corrected chi connectivity index (χ4v) is 2.13. The summed E-state index contributed by atoms with van der Waals surface area (Å²) in [6.45, 7) is 4.25. The summed E-state index contributed by atoms with van der Waals surface area (Å²) in [5, 5.41) is 0. The Morgan fingerprint density at radius 2 is 1.60 bits per heavy atom. The molecule has 0 saturated carbocycles. The highest BCUT2D eigenvalue weighted by atomic mass is 16.5. The summed E-state index contributed by atoms with van der Waals surface area (Å²) in [5.74, 6) is -0.164. The van der Waals surface area contributed by atoms with Crippen LogP contribution in [-0.4, -0.2) is 13.1 Å². The monoisotopic (exact) mass is 268 g/mol. The molecule has 2 nitrogen and oxygen atoms in total. The van der Waals surface area contributed by atoms with E-state index in [1.165, 1.54) is 29.4 Å². The van der Waals surface area contributed by atoms with E-state index in [1.807, 2.05) is 0 Å². The molecule has 0 heterocycles. The van der Waals surface area contributed by atoms with Gasteiger partial charge in [-0.1, -0.05) is 42.5 Å². The Morgan fingerprint density at radius 1 is 0.950 bits per heavy atom. The number of hydrogen-bond acceptors (Lipinski definition) is 2. The summed E-state index contributed by atoms with van der Waals surface area (Å²) >= 11 is 0. The lowest BCUT2D eigenvalue weighted by atomic mass is 9.99. The number of aryl methyl sites for hydroxylation is 3. The molecule has 0 amide bonds. The summed E-state index contributed by atoms with van der Waals surface area (Å²) in [6, 6.07) is 14.9. The molecule has 0 aromatic heterocycles. The maximum atomic E-state index is 11.1. The molecule has 2 aromatic rings. The van der Waals surface area contributed by atoms with Gasteiger partial charge in [-0.25, -0.2) is 0 Å². The van der Waals surface area contributed by atoms with Gasteiger partial charge in [0, 0.05) is 6.42 Å². The van der Waals surface area contributed by atoms with E-state index in [9.17, 15) is 4.79 Å². The molecule has 104 valence electrons. The molecule has 0 radical (unpaired) electrons. The lowest BCUT2D eigenvalue weighted by Gasteiger charge is -2.07. The van der Waals surface area contributed by atoms with Crippen molar-refractivity contribution in [2.45, 2.75) is 26.7 Å². The first kappa shape index (κ1) is 14.3. The van der Waals surface area contributed by atoms with Crippen molar-refractivity contribution in [3.05, 3.63) is 59.2 Å². The first-order valence-corrected chi connectivity index (χ1v) is 6.83. The predicted molar refractivity (Wildman–Crippen MR) is 81.7 cm³/mol. The van der Waals surface area contributed by atoms with Crippen LogP contribution < -0.4 is 0 Å². The maximum absolute atomic E-state index is 11.1. The van der Waals surface area contributed by atoms with Gasteiger partial charge in [0.05, 0.1) is 7.11 Å². The summed E-state index contributed by atoms with van der Waals surface area (Å²) < 4.78 is 4.65. The van der Waals surface area contributed by atoms with Crippen molar-refractivity contribution < 1.29 is 9.53 Å². The maximum Gasteiger partial charge on any atom is 0.305 e. The fourth-order valence-electron chi connectivity index (χ4n) is 2.13. The molecule has 20 heavy (non-hydrogen) atoms. The number of hydrogen-bond donors (Lipinski definition) is 0. The van der Waals surface area contributed by atoms with Crippen LogP contribution in [0.2, 0.25) is 0 Å². The lowest BCUT2D eigenvalue weighted by molar-refractivity contribution is -0.140. The molecule has 0 aliphatic carbocycles. The van der Waals surface area contributed by atoms with Gasteiger partial charge in [-0.15, -0.1) is 0 Å². The molecule has 0 unspecified atom stereocenters. The minimum atomic E-state index is -0.164. The Hall–Kier alpha value is -2.09. The third-order valence-corrected chi connectivity index (χ3v) is 3.64. The SMILES string of the molecule is COC(=O)CCc1ccc(-c2ccc(C)c(C)c2)cc1. The Bertz CT molecular complexity index is 597. The second kappa shape index (κ2) is 6.38. The minimum absolute atomic E-state index is 0.164. The van der Waals surface area contributed by atoms with Gasteiger partial charge in [0.15, 0.2) is 0 Å². The van der Waals surface area contributed by atoms with Gasteiger partial charge in [0.1, 0.15) is 0 Å². The molecule has 0 aliphatic heterocycles. The third kappa shape index (κ3) is 3.47. The van der Waals surface area contributed by atoms with Crippen LogP contribution in [0.25, 0.3) is 11.1 Å². The van der Waals surface area contributed by atoms with Crippen LogP contribution in [0.4, 0.5) is 0 Å². The summed E-state index contributed by atoms with van der Waals surface area (Å²) in [7, 11) is 1.42. The molecule has 0 aliphatic rings. The van der Waals surface area contributed by atoms with Crippen LogP contribution in [0, 0.1) is 13.8 Å². The highest BCUT2D eigenvalue weighted by molar-refractivity contribution is 5.69. The van der Waals surface area contributed by atoms with Gasteiger partial charge in [-0.3, -0.25) is 4.79 Å². The smallest absolute Gasteiger partial charge is 0.305 e. The van der Waals surface area contributed by atoms with Crippen molar-refractivity contribution in [2.75, 3.05) is 7.11 Å². The van der Waals surface area contributed by atoms with Crippen LogP contribution in [-0.2, 0) is 16.0 Å². The van der Waals surface area contributed by atoms with Gasteiger partial charge in [0.25, 0.3) is 0 Å². The predicted octanol–water partition coefficient (Wildman–Crippen LogP) is 4.08. The molecule has 0 saturated heterocycles. The van der Waals surface area contributed by atoms with Crippen LogP contribution >= 0.6 is 0 Å². The van der Waals surface area contributed by atoms with E-state index in [0.717, 1.165) is 12.0 Å². The number of carbonyl (C=O) groups excluding carboxylic acids is 1. The van der Waals surface area contributed by atoms with E-state index in [1.54, 1.807) is 0 Å². The van der Waals surface area contributed by atoms with Gasteiger partial charge >= 0.3 is 5.97 Å². The Morgan fingerprint density at radius 3 is 2.20 bits per heavy atom. The highest BCUT2D eigenvalue weighted by Gasteiger charge is 2.03. The Kier molecular flexibility index (Phi) is 4.57. The number of carbonyl (C=O) groups is 1. The van der Waals surface area contributed by atoms with E-state index >= 15 is 0 Å². The summed E-state index contributed by atoms with van der Waals surface area (Å²) in [4.78, 5) is 11.1.